The molecule has 0 bridgehead atoms. The third-order valence-corrected chi connectivity index (χ3v) is 6.02. The third-order valence-electron chi connectivity index (χ3n) is 6.02. The van der Waals surface area contributed by atoms with Crippen molar-refractivity contribution in [1.29, 1.82) is 0 Å². The second-order valence-electron chi connectivity index (χ2n) is 8.40. The number of carbonyl (C=O) groups is 1. The number of aliphatic imine (C=N–C) groups is 1. The van der Waals surface area contributed by atoms with Crippen LogP contribution in [0.3, 0.4) is 0 Å². The minimum absolute atomic E-state index is 0.205. The lowest BCUT2D eigenvalue weighted by Crippen LogP contribution is -2.45. The number of aliphatic hydroxyl groups excluding tert-OH is 1. The molecule has 29 heavy (non-hydrogen) atoms. The van der Waals surface area contributed by atoms with E-state index in [-0.39, 0.29) is 12.0 Å². The molecule has 3 rings (SSSR count). The standard InChI is InChI=1S/C23H36N4O2/c1-3-24-23(25-15-21(28)18-11-9-17(2)10-12-18)26-20-13-14-27(16-20)22(29)19-7-5-4-6-8-19/h9-12,19-21,28H,3-8,13-16H2,1-2H3,(H2,24,25,26). The van der Waals surface area contributed by atoms with Crippen molar-refractivity contribution in [3.63, 3.8) is 0 Å². The Labute approximate surface area is 174 Å². The van der Waals surface area contributed by atoms with Crippen molar-refractivity contribution in [3.8, 4) is 0 Å². The van der Waals surface area contributed by atoms with Crippen molar-refractivity contribution in [1.82, 2.24) is 15.5 Å². The van der Waals surface area contributed by atoms with E-state index in [0.717, 1.165) is 44.5 Å². The van der Waals surface area contributed by atoms with Gasteiger partial charge in [-0.05, 0) is 38.7 Å². The first-order chi connectivity index (χ1) is 14.1. The third kappa shape index (κ3) is 6.20. The van der Waals surface area contributed by atoms with Crippen molar-refractivity contribution in [3.05, 3.63) is 35.4 Å². The van der Waals surface area contributed by atoms with E-state index in [1.165, 1.54) is 24.8 Å². The molecule has 3 N–H and O–H groups in total. The highest BCUT2D eigenvalue weighted by Gasteiger charge is 2.31. The lowest BCUT2D eigenvalue weighted by Gasteiger charge is -2.26. The van der Waals surface area contributed by atoms with Gasteiger partial charge < -0.3 is 20.6 Å². The summed E-state index contributed by atoms with van der Waals surface area (Å²) in [7, 11) is 0. The van der Waals surface area contributed by atoms with E-state index in [9.17, 15) is 9.90 Å². The first-order valence-corrected chi connectivity index (χ1v) is 11.1. The van der Waals surface area contributed by atoms with Crippen LogP contribution in [0.2, 0.25) is 0 Å². The molecule has 160 valence electrons. The zero-order valence-corrected chi connectivity index (χ0v) is 17.9. The highest BCUT2D eigenvalue weighted by Crippen LogP contribution is 2.26. The number of amides is 1. The number of rotatable bonds is 6. The molecule has 1 amide bonds. The normalized spacial score (nSPS) is 21.8. The summed E-state index contributed by atoms with van der Waals surface area (Å²) in [6.45, 7) is 6.67. The number of benzene rings is 1. The maximum absolute atomic E-state index is 12.8. The van der Waals surface area contributed by atoms with E-state index in [1.54, 1.807) is 0 Å². The van der Waals surface area contributed by atoms with Gasteiger partial charge in [0.15, 0.2) is 5.96 Å². The molecule has 6 nitrogen and oxygen atoms in total. The summed E-state index contributed by atoms with van der Waals surface area (Å²) in [5, 5.41) is 17.1. The van der Waals surface area contributed by atoms with Crippen LogP contribution in [0.25, 0.3) is 0 Å². The van der Waals surface area contributed by atoms with Gasteiger partial charge in [0, 0.05) is 31.6 Å². The highest BCUT2D eigenvalue weighted by molar-refractivity contribution is 5.81. The van der Waals surface area contributed by atoms with Gasteiger partial charge in [-0.15, -0.1) is 0 Å². The zero-order chi connectivity index (χ0) is 20.6. The molecule has 0 spiro atoms. The largest absolute Gasteiger partial charge is 0.386 e. The lowest BCUT2D eigenvalue weighted by molar-refractivity contribution is -0.135. The van der Waals surface area contributed by atoms with E-state index in [2.05, 4.69) is 15.6 Å². The van der Waals surface area contributed by atoms with Crippen LogP contribution in [-0.2, 0) is 4.79 Å². The van der Waals surface area contributed by atoms with Crippen LogP contribution in [0.1, 0.15) is 62.7 Å². The summed E-state index contributed by atoms with van der Waals surface area (Å²) in [4.78, 5) is 19.4. The first kappa shape index (κ1) is 21.6. The minimum Gasteiger partial charge on any atom is -0.386 e. The Bertz CT molecular complexity index is 683. The molecule has 0 radical (unpaired) electrons. The van der Waals surface area contributed by atoms with Gasteiger partial charge in [0.25, 0.3) is 0 Å². The molecule has 2 fully saturated rings. The predicted octanol–water partition coefficient (Wildman–Crippen LogP) is 2.76. The average molecular weight is 401 g/mol. The van der Waals surface area contributed by atoms with Gasteiger partial charge in [-0.2, -0.15) is 0 Å². The first-order valence-electron chi connectivity index (χ1n) is 11.1. The Morgan fingerprint density at radius 3 is 2.62 bits per heavy atom. The van der Waals surface area contributed by atoms with Gasteiger partial charge in [-0.1, -0.05) is 49.1 Å². The maximum atomic E-state index is 12.8. The molecule has 0 aromatic heterocycles. The van der Waals surface area contributed by atoms with Crippen LogP contribution in [0.5, 0.6) is 0 Å². The van der Waals surface area contributed by atoms with Gasteiger partial charge in [0.2, 0.25) is 5.91 Å². The quantitative estimate of drug-likeness (QED) is 0.507. The molecule has 1 heterocycles. The van der Waals surface area contributed by atoms with Crippen LogP contribution in [0.4, 0.5) is 0 Å². The number of aliphatic hydroxyl groups is 1. The number of nitrogens with zero attached hydrogens (tertiary/aromatic N) is 2. The maximum Gasteiger partial charge on any atom is 0.225 e. The molecule has 1 saturated heterocycles. The molecule has 1 aromatic carbocycles. The number of likely N-dealkylation sites (tertiary alicyclic amines) is 1. The second-order valence-corrected chi connectivity index (χ2v) is 8.40. The number of aryl methyl sites for hydroxylation is 1. The Balaban J connectivity index is 1.52. The summed E-state index contributed by atoms with van der Waals surface area (Å²) < 4.78 is 0. The predicted molar refractivity (Wildman–Crippen MR) is 117 cm³/mol. The van der Waals surface area contributed by atoms with E-state index in [1.807, 2.05) is 43.0 Å². The Hall–Kier alpha value is -2.08. The molecular formula is C23H36N4O2. The van der Waals surface area contributed by atoms with Crippen molar-refractivity contribution < 1.29 is 9.90 Å². The van der Waals surface area contributed by atoms with Crippen molar-refractivity contribution in [2.75, 3.05) is 26.2 Å². The number of carbonyl (C=O) groups excluding carboxylic acids is 1. The molecule has 1 aliphatic carbocycles. The Morgan fingerprint density at radius 2 is 1.93 bits per heavy atom. The topological polar surface area (TPSA) is 77.0 Å². The smallest absolute Gasteiger partial charge is 0.225 e. The molecule has 6 heteroatoms. The molecule has 1 aliphatic heterocycles. The molecular weight excluding hydrogens is 364 g/mol. The SMILES string of the molecule is CCNC(=NCC(O)c1ccc(C)cc1)NC1CCN(C(=O)C2CCCCC2)C1. The van der Waals surface area contributed by atoms with Gasteiger partial charge in [0.1, 0.15) is 0 Å². The number of hydrogen-bond donors (Lipinski definition) is 3. The Kier molecular flexibility index (Phi) is 7.92. The number of guanidine groups is 1. The van der Waals surface area contributed by atoms with E-state index in [0.29, 0.717) is 18.4 Å². The molecule has 2 aliphatic rings. The minimum atomic E-state index is -0.626. The number of nitrogens with one attached hydrogen (secondary N) is 2. The monoisotopic (exact) mass is 400 g/mol. The van der Waals surface area contributed by atoms with Crippen LogP contribution in [0, 0.1) is 12.8 Å². The summed E-state index contributed by atoms with van der Waals surface area (Å²) in [6, 6.07) is 8.10. The molecule has 2 atom stereocenters. The second kappa shape index (κ2) is 10.6. The highest BCUT2D eigenvalue weighted by atomic mass is 16.3. The summed E-state index contributed by atoms with van der Waals surface area (Å²) in [5.41, 5.74) is 2.05. The molecule has 1 saturated carbocycles. The van der Waals surface area contributed by atoms with E-state index >= 15 is 0 Å². The van der Waals surface area contributed by atoms with E-state index in [4.69, 9.17) is 0 Å². The number of hydrogen-bond acceptors (Lipinski definition) is 3. The summed E-state index contributed by atoms with van der Waals surface area (Å²) in [6.07, 6.45) is 6.05. The fourth-order valence-corrected chi connectivity index (χ4v) is 4.27. The van der Waals surface area contributed by atoms with Crippen molar-refractivity contribution in [2.45, 2.75) is 64.5 Å². The molecule has 2 unspecified atom stereocenters. The van der Waals surface area contributed by atoms with Crippen LogP contribution in [0.15, 0.2) is 29.3 Å². The van der Waals surface area contributed by atoms with Gasteiger partial charge >= 0.3 is 0 Å². The summed E-state index contributed by atoms with van der Waals surface area (Å²) >= 11 is 0. The fraction of sp³-hybridized carbons (Fsp3) is 0.652. The lowest BCUT2D eigenvalue weighted by atomic mass is 9.88. The van der Waals surface area contributed by atoms with Crippen LogP contribution in [-0.4, -0.2) is 54.1 Å². The summed E-state index contributed by atoms with van der Waals surface area (Å²) in [5.74, 6) is 1.27. The Morgan fingerprint density at radius 1 is 1.21 bits per heavy atom. The fourth-order valence-electron chi connectivity index (χ4n) is 4.27. The van der Waals surface area contributed by atoms with Crippen LogP contribution >= 0.6 is 0 Å². The van der Waals surface area contributed by atoms with Gasteiger partial charge in [0.05, 0.1) is 12.6 Å². The molecule has 1 aromatic rings. The van der Waals surface area contributed by atoms with Crippen LogP contribution < -0.4 is 10.6 Å². The van der Waals surface area contributed by atoms with Gasteiger partial charge in [-0.25, -0.2) is 0 Å². The van der Waals surface area contributed by atoms with Gasteiger partial charge in [-0.3, -0.25) is 9.79 Å². The average Bonchev–Trinajstić information content (AvgIpc) is 3.21. The van der Waals surface area contributed by atoms with Crippen molar-refractivity contribution >= 4 is 11.9 Å². The van der Waals surface area contributed by atoms with Crippen molar-refractivity contribution in [2.24, 2.45) is 10.9 Å². The van der Waals surface area contributed by atoms with E-state index < -0.39 is 6.10 Å². The zero-order valence-electron chi connectivity index (χ0n) is 17.9.